The van der Waals surface area contributed by atoms with Gasteiger partial charge in [-0.3, -0.25) is 0 Å². The van der Waals surface area contributed by atoms with E-state index in [1.165, 1.54) is 10.6 Å². The topological polar surface area (TPSA) is 42.2 Å². The summed E-state index contributed by atoms with van der Waals surface area (Å²) in [5, 5.41) is 1.16. The predicted octanol–water partition coefficient (Wildman–Crippen LogP) is 1.54. The highest BCUT2D eigenvalue weighted by Crippen LogP contribution is 2.18. The third-order valence-corrected chi connectivity index (χ3v) is 3.21. The Morgan fingerprint density at radius 2 is 2.14 bits per heavy atom. The van der Waals surface area contributed by atoms with Crippen LogP contribution in [0.15, 0.2) is 0 Å². The third-order valence-electron chi connectivity index (χ3n) is 2.16. The fourth-order valence-corrected chi connectivity index (χ4v) is 2.42. The Morgan fingerprint density at radius 1 is 1.43 bits per heavy atom. The largest absolute Gasteiger partial charge is 0.330 e. The van der Waals surface area contributed by atoms with Crippen LogP contribution in [0, 0.1) is 13.8 Å². The molecule has 0 spiro atoms. The van der Waals surface area contributed by atoms with E-state index in [9.17, 15) is 0 Å². The molecule has 3 nitrogen and oxygen atoms in total. The highest BCUT2D eigenvalue weighted by Gasteiger charge is 2.07. The second kappa shape index (κ2) is 5.44. The van der Waals surface area contributed by atoms with Crippen LogP contribution in [-0.2, 0) is 6.54 Å². The lowest BCUT2D eigenvalue weighted by molar-refractivity contribution is 0.326. The molecule has 1 rings (SSSR count). The maximum atomic E-state index is 5.47. The van der Waals surface area contributed by atoms with Crippen LogP contribution in [0.4, 0.5) is 0 Å². The minimum Gasteiger partial charge on any atom is -0.330 e. The third kappa shape index (κ3) is 3.36. The average Bonchev–Trinajstić information content (AvgIpc) is 2.42. The maximum Gasteiger partial charge on any atom is 0.0900 e. The van der Waals surface area contributed by atoms with Crippen molar-refractivity contribution >= 4 is 11.3 Å². The normalized spacial score (nSPS) is 11.2. The molecule has 80 valence electrons. The number of rotatable bonds is 5. The smallest absolute Gasteiger partial charge is 0.0900 e. The van der Waals surface area contributed by atoms with E-state index in [-0.39, 0.29) is 0 Å². The number of nitrogens with zero attached hydrogens (tertiary/aromatic N) is 2. The van der Waals surface area contributed by atoms with Crippen molar-refractivity contribution in [1.82, 2.24) is 9.88 Å². The van der Waals surface area contributed by atoms with Crippen LogP contribution in [0.3, 0.4) is 0 Å². The van der Waals surface area contributed by atoms with Gasteiger partial charge in [0, 0.05) is 11.4 Å². The van der Waals surface area contributed by atoms with Crippen LogP contribution in [-0.4, -0.2) is 30.0 Å². The van der Waals surface area contributed by atoms with E-state index >= 15 is 0 Å². The molecule has 0 aliphatic rings. The van der Waals surface area contributed by atoms with Gasteiger partial charge >= 0.3 is 0 Å². The minimum absolute atomic E-state index is 0.769. The van der Waals surface area contributed by atoms with E-state index in [1.54, 1.807) is 11.3 Å². The van der Waals surface area contributed by atoms with Crippen LogP contribution >= 0.6 is 11.3 Å². The molecule has 0 aromatic carbocycles. The standard InChI is InChI=1S/C10H19N3S/c1-8-10(14-9(2)12-8)7-13(3)6-4-5-11/h4-7,11H2,1-3H3. The van der Waals surface area contributed by atoms with Gasteiger partial charge in [0.25, 0.3) is 0 Å². The summed E-state index contributed by atoms with van der Waals surface area (Å²) in [5.74, 6) is 0. The zero-order valence-corrected chi connectivity index (χ0v) is 10.0. The Morgan fingerprint density at radius 3 is 2.64 bits per heavy atom. The van der Waals surface area contributed by atoms with Gasteiger partial charge in [-0.2, -0.15) is 0 Å². The van der Waals surface area contributed by atoms with Crippen molar-refractivity contribution < 1.29 is 0 Å². The van der Waals surface area contributed by atoms with E-state index in [4.69, 9.17) is 5.73 Å². The van der Waals surface area contributed by atoms with E-state index in [0.717, 1.165) is 31.1 Å². The highest BCUT2D eigenvalue weighted by molar-refractivity contribution is 7.11. The molecule has 4 heteroatoms. The monoisotopic (exact) mass is 213 g/mol. The summed E-state index contributed by atoms with van der Waals surface area (Å²) in [6.07, 6.45) is 1.06. The molecule has 0 bridgehead atoms. The van der Waals surface area contributed by atoms with Crippen molar-refractivity contribution in [3.63, 3.8) is 0 Å². The molecule has 14 heavy (non-hydrogen) atoms. The van der Waals surface area contributed by atoms with Gasteiger partial charge in [0.2, 0.25) is 0 Å². The summed E-state index contributed by atoms with van der Waals surface area (Å²) in [5.41, 5.74) is 6.64. The van der Waals surface area contributed by atoms with E-state index in [1.807, 2.05) is 0 Å². The van der Waals surface area contributed by atoms with Gasteiger partial charge in [0.1, 0.15) is 0 Å². The van der Waals surface area contributed by atoms with Crippen LogP contribution in [0.2, 0.25) is 0 Å². The summed E-state index contributed by atoms with van der Waals surface area (Å²) >= 11 is 1.79. The Balaban J connectivity index is 2.47. The molecule has 0 saturated heterocycles. The second-order valence-corrected chi connectivity index (χ2v) is 4.91. The van der Waals surface area contributed by atoms with Crippen LogP contribution in [0.1, 0.15) is 22.0 Å². The molecule has 0 aliphatic heterocycles. The molecule has 0 unspecified atom stereocenters. The number of aromatic nitrogens is 1. The maximum absolute atomic E-state index is 5.47. The molecule has 1 aromatic heterocycles. The molecule has 0 saturated carbocycles. The number of aryl methyl sites for hydroxylation is 2. The van der Waals surface area contributed by atoms with Crippen molar-refractivity contribution in [2.45, 2.75) is 26.8 Å². The Hall–Kier alpha value is -0.450. The fourth-order valence-electron chi connectivity index (χ4n) is 1.41. The van der Waals surface area contributed by atoms with Crippen LogP contribution < -0.4 is 5.73 Å². The summed E-state index contributed by atoms with van der Waals surface area (Å²) in [6, 6.07) is 0. The molecule has 0 fully saturated rings. The first-order valence-electron chi connectivity index (χ1n) is 4.95. The summed E-state index contributed by atoms with van der Waals surface area (Å²) < 4.78 is 0. The molecule has 0 radical (unpaired) electrons. The second-order valence-electron chi connectivity index (χ2n) is 3.62. The summed E-state index contributed by atoms with van der Waals surface area (Å²) in [6.45, 7) is 6.96. The summed E-state index contributed by atoms with van der Waals surface area (Å²) in [4.78, 5) is 8.09. The molecule has 0 amide bonds. The van der Waals surface area contributed by atoms with E-state index in [2.05, 4.69) is 30.8 Å². The lowest BCUT2D eigenvalue weighted by Crippen LogP contribution is -2.21. The Labute approximate surface area is 89.9 Å². The number of hydrogen-bond donors (Lipinski definition) is 1. The van der Waals surface area contributed by atoms with E-state index in [0.29, 0.717) is 0 Å². The minimum atomic E-state index is 0.769. The van der Waals surface area contributed by atoms with Crippen molar-refractivity contribution in [3.8, 4) is 0 Å². The first-order valence-corrected chi connectivity index (χ1v) is 5.76. The molecule has 0 aliphatic carbocycles. The number of thiazole rings is 1. The Kier molecular flexibility index (Phi) is 4.51. The molecular formula is C10H19N3S. The van der Waals surface area contributed by atoms with Gasteiger partial charge < -0.3 is 10.6 Å². The van der Waals surface area contributed by atoms with Crippen molar-refractivity contribution in [1.29, 1.82) is 0 Å². The molecule has 2 N–H and O–H groups in total. The predicted molar refractivity (Wildman–Crippen MR) is 61.6 cm³/mol. The molecule has 1 heterocycles. The Bertz CT molecular complexity index is 283. The first kappa shape index (κ1) is 11.6. The van der Waals surface area contributed by atoms with Crippen molar-refractivity contribution in [2.75, 3.05) is 20.1 Å². The van der Waals surface area contributed by atoms with Crippen molar-refractivity contribution in [3.05, 3.63) is 15.6 Å². The van der Waals surface area contributed by atoms with Gasteiger partial charge in [-0.25, -0.2) is 4.98 Å². The van der Waals surface area contributed by atoms with Gasteiger partial charge in [-0.05, 0) is 40.4 Å². The van der Waals surface area contributed by atoms with Gasteiger partial charge in [0.05, 0.1) is 10.7 Å². The fraction of sp³-hybridized carbons (Fsp3) is 0.700. The molecule has 1 aromatic rings. The van der Waals surface area contributed by atoms with Crippen molar-refractivity contribution in [2.24, 2.45) is 5.73 Å². The van der Waals surface area contributed by atoms with Gasteiger partial charge in [0.15, 0.2) is 0 Å². The van der Waals surface area contributed by atoms with Gasteiger partial charge in [-0.1, -0.05) is 0 Å². The number of nitrogens with two attached hydrogens (primary N) is 1. The quantitative estimate of drug-likeness (QED) is 0.807. The molecular weight excluding hydrogens is 194 g/mol. The lowest BCUT2D eigenvalue weighted by Gasteiger charge is -2.14. The zero-order valence-electron chi connectivity index (χ0n) is 9.21. The first-order chi connectivity index (χ1) is 6.63. The zero-order chi connectivity index (χ0) is 10.6. The van der Waals surface area contributed by atoms with Crippen LogP contribution in [0.25, 0.3) is 0 Å². The van der Waals surface area contributed by atoms with E-state index < -0.39 is 0 Å². The SMILES string of the molecule is Cc1nc(C)c(CN(C)CCCN)s1. The highest BCUT2D eigenvalue weighted by atomic mass is 32.1. The van der Waals surface area contributed by atoms with Crippen LogP contribution in [0.5, 0.6) is 0 Å². The lowest BCUT2D eigenvalue weighted by atomic mass is 10.3. The summed E-state index contributed by atoms with van der Waals surface area (Å²) in [7, 11) is 2.13. The molecule has 0 atom stereocenters. The average molecular weight is 213 g/mol. The number of hydrogen-bond acceptors (Lipinski definition) is 4. The van der Waals surface area contributed by atoms with Gasteiger partial charge in [-0.15, -0.1) is 11.3 Å².